The molecule has 1 heterocycles. The van der Waals surface area contributed by atoms with Gasteiger partial charge >= 0.3 is 0 Å². The maximum Gasteiger partial charge on any atom is 0.127 e. The Morgan fingerprint density at radius 1 is 1.19 bits per heavy atom. The summed E-state index contributed by atoms with van der Waals surface area (Å²) < 4.78 is 13.4. The Hall–Kier alpha value is -0.930. The van der Waals surface area contributed by atoms with E-state index in [9.17, 15) is 4.39 Å². The number of hydrogen-bond donors (Lipinski definition) is 1. The first-order valence-corrected chi connectivity index (χ1v) is 8.31. The van der Waals surface area contributed by atoms with Crippen LogP contribution in [0.2, 0.25) is 0 Å². The molecular formula is C18H33FN2. The van der Waals surface area contributed by atoms with Crippen molar-refractivity contribution < 1.29 is 4.39 Å². The van der Waals surface area contributed by atoms with Gasteiger partial charge in [0, 0.05) is 24.7 Å². The van der Waals surface area contributed by atoms with Crippen LogP contribution in [0.4, 0.5) is 4.39 Å². The van der Waals surface area contributed by atoms with Crippen molar-refractivity contribution in [2.75, 3.05) is 20.1 Å². The minimum absolute atomic E-state index is 0.114. The van der Waals surface area contributed by atoms with Crippen molar-refractivity contribution in [1.29, 1.82) is 0 Å². The fourth-order valence-electron chi connectivity index (χ4n) is 2.52. The van der Waals surface area contributed by atoms with Crippen molar-refractivity contribution in [3.63, 3.8) is 0 Å². The topological polar surface area (TPSA) is 15.3 Å². The maximum absolute atomic E-state index is 13.4. The van der Waals surface area contributed by atoms with Gasteiger partial charge < -0.3 is 10.2 Å². The van der Waals surface area contributed by atoms with Crippen molar-refractivity contribution in [2.45, 2.75) is 53.6 Å². The van der Waals surface area contributed by atoms with Crippen LogP contribution < -0.4 is 5.32 Å². The number of nitrogens with one attached hydrogen (secondary N) is 1. The van der Waals surface area contributed by atoms with Crippen molar-refractivity contribution in [2.24, 2.45) is 5.92 Å². The van der Waals surface area contributed by atoms with Crippen LogP contribution in [-0.4, -0.2) is 31.1 Å². The average molecular weight is 296 g/mol. The Bertz CT molecular complexity index is 358. The molecule has 1 N–H and O–H groups in total. The zero-order valence-electron chi connectivity index (χ0n) is 14.6. The van der Waals surface area contributed by atoms with Crippen molar-refractivity contribution >= 4 is 0 Å². The summed E-state index contributed by atoms with van der Waals surface area (Å²) in [6.45, 7) is 13.0. The summed E-state index contributed by atoms with van der Waals surface area (Å²) in [5, 5.41) is 3.36. The van der Waals surface area contributed by atoms with Gasteiger partial charge in [-0.1, -0.05) is 45.9 Å². The summed E-state index contributed by atoms with van der Waals surface area (Å²) in [6.07, 6.45) is 1.24. The third-order valence-electron chi connectivity index (χ3n) is 3.68. The lowest BCUT2D eigenvalue weighted by atomic mass is 10.1. The number of nitrogens with zero attached hydrogens (tertiary/aromatic N) is 1. The highest BCUT2D eigenvalue weighted by molar-refractivity contribution is 5.16. The molecule has 1 saturated heterocycles. The molecule has 0 spiro atoms. The second-order valence-electron chi connectivity index (χ2n) is 5.11. The summed E-state index contributed by atoms with van der Waals surface area (Å²) in [7, 11) is 2.17. The highest BCUT2D eigenvalue weighted by Crippen LogP contribution is 2.20. The van der Waals surface area contributed by atoms with Gasteiger partial charge in [-0.25, -0.2) is 4.39 Å². The maximum atomic E-state index is 13.4. The van der Waals surface area contributed by atoms with Crippen LogP contribution in [0, 0.1) is 11.7 Å². The minimum atomic E-state index is -0.114. The minimum Gasteiger partial charge on any atom is -0.312 e. The summed E-state index contributed by atoms with van der Waals surface area (Å²) >= 11 is 0. The second kappa shape index (κ2) is 11.7. The van der Waals surface area contributed by atoms with Gasteiger partial charge in [-0.3, -0.25) is 0 Å². The fourth-order valence-corrected chi connectivity index (χ4v) is 2.52. The van der Waals surface area contributed by atoms with Gasteiger partial charge in [-0.05, 0) is 38.9 Å². The predicted octanol–water partition coefficient (Wildman–Crippen LogP) is 4.31. The van der Waals surface area contributed by atoms with E-state index in [0.29, 0.717) is 18.5 Å². The molecule has 1 aliphatic rings. The Kier molecular flexibility index (Phi) is 11.2. The van der Waals surface area contributed by atoms with Crippen LogP contribution in [0.3, 0.4) is 0 Å². The molecule has 2 unspecified atom stereocenters. The smallest absolute Gasteiger partial charge is 0.127 e. The van der Waals surface area contributed by atoms with Gasteiger partial charge in [0.1, 0.15) is 5.82 Å². The molecule has 0 bridgehead atoms. The molecule has 1 aromatic carbocycles. The molecule has 2 atom stereocenters. The Labute approximate surface area is 130 Å². The molecular weight excluding hydrogens is 263 g/mol. The van der Waals surface area contributed by atoms with Crippen molar-refractivity contribution in [3.8, 4) is 0 Å². The normalized spacial score (nSPS) is 21.1. The summed E-state index contributed by atoms with van der Waals surface area (Å²) in [5.74, 6) is 0.582. The third-order valence-corrected chi connectivity index (χ3v) is 3.68. The van der Waals surface area contributed by atoms with E-state index in [2.05, 4.69) is 24.2 Å². The molecule has 0 radical (unpaired) electrons. The quantitative estimate of drug-likeness (QED) is 0.890. The monoisotopic (exact) mass is 296 g/mol. The van der Waals surface area contributed by atoms with E-state index in [-0.39, 0.29) is 5.82 Å². The van der Waals surface area contributed by atoms with E-state index in [0.717, 1.165) is 18.7 Å². The first kappa shape index (κ1) is 20.1. The SMILES string of the molecule is CC.CC.CC1CC(CNCc2ccccc2F)CN1C. The van der Waals surface area contributed by atoms with Crippen LogP contribution in [-0.2, 0) is 6.54 Å². The van der Waals surface area contributed by atoms with Gasteiger partial charge in [0.2, 0.25) is 0 Å². The van der Waals surface area contributed by atoms with E-state index in [1.165, 1.54) is 12.5 Å². The molecule has 21 heavy (non-hydrogen) atoms. The average Bonchev–Trinajstić information content (AvgIpc) is 2.84. The number of halogens is 1. The fraction of sp³-hybridized carbons (Fsp3) is 0.667. The van der Waals surface area contributed by atoms with Crippen LogP contribution in [0.1, 0.15) is 46.6 Å². The standard InChI is InChI=1S/C14H21FN2.2C2H6/c1-11-7-12(10-17(11)2)8-16-9-13-5-3-4-6-14(13)15;2*1-2/h3-6,11-12,16H,7-10H2,1-2H3;2*1-2H3. The number of likely N-dealkylation sites (tertiary alicyclic amines) is 1. The first-order chi connectivity index (χ1) is 10.2. The lowest BCUT2D eigenvalue weighted by Crippen LogP contribution is -2.25. The highest BCUT2D eigenvalue weighted by atomic mass is 19.1. The van der Waals surface area contributed by atoms with Crippen molar-refractivity contribution in [3.05, 3.63) is 35.6 Å². The molecule has 0 amide bonds. The van der Waals surface area contributed by atoms with Gasteiger partial charge in [0.15, 0.2) is 0 Å². The van der Waals surface area contributed by atoms with Gasteiger partial charge in [0.25, 0.3) is 0 Å². The second-order valence-corrected chi connectivity index (χ2v) is 5.11. The highest BCUT2D eigenvalue weighted by Gasteiger charge is 2.25. The Balaban J connectivity index is 0.000000921. The van der Waals surface area contributed by atoms with Crippen LogP contribution in [0.25, 0.3) is 0 Å². The number of benzene rings is 1. The largest absolute Gasteiger partial charge is 0.312 e. The lowest BCUT2D eigenvalue weighted by Gasteiger charge is -2.13. The lowest BCUT2D eigenvalue weighted by molar-refractivity contribution is 0.324. The summed E-state index contributed by atoms with van der Waals surface area (Å²) in [4.78, 5) is 2.38. The van der Waals surface area contributed by atoms with E-state index >= 15 is 0 Å². The molecule has 0 saturated carbocycles. The van der Waals surface area contributed by atoms with Crippen LogP contribution in [0.5, 0.6) is 0 Å². The van der Waals surface area contributed by atoms with E-state index in [1.54, 1.807) is 6.07 Å². The molecule has 0 aromatic heterocycles. The predicted molar refractivity (Wildman–Crippen MR) is 91.0 cm³/mol. The van der Waals surface area contributed by atoms with E-state index < -0.39 is 0 Å². The summed E-state index contributed by atoms with van der Waals surface area (Å²) in [6, 6.07) is 7.64. The van der Waals surface area contributed by atoms with Gasteiger partial charge in [-0.2, -0.15) is 0 Å². The van der Waals surface area contributed by atoms with E-state index in [1.807, 2.05) is 39.8 Å². The third kappa shape index (κ3) is 7.05. The molecule has 122 valence electrons. The van der Waals surface area contributed by atoms with Crippen LogP contribution >= 0.6 is 0 Å². The summed E-state index contributed by atoms with van der Waals surface area (Å²) in [5.41, 5.74) is 0.756. The number of hydrogen-bond acceptors (Lipinski definition) is 2. The molecule has 3 heteroatoms. The zero-order chi connectivity index (χ0) is 16.3. The molecule has 2 rings (SSSR count). The number of rotatable bonds is 4. The van der Waals surface area contributed by atoms with E-state index in [4.69, 9.17) is 0 Å². The molecule has 0 aliphatic carbocycles. The Morgan fingerprint density at radius 2 is 1.81 bits per heavy atom. The van der Waals surface area contributed by atoms with Gasteiger partial charge in [0.05, 0.1) is 0 Å². The molecule has 2 nitrogen and oxygen atoms in total. The molecule has 1 aromatic rings. The van der Waals surface area contributed by atoms with Crippen LogP contribution in [0.15, 0.2) is 24.3 Å². The molecule has 1 aliphatic heterocycles. The Morgan fingerprint density at radius 3 is 2.33 bits per heavy atom. The zero-order valence-corrected chi connectivity index (χ0v) is 14.6. The van der Waals surface area contributed by atoms with Gasteiger partial charge in [-0.15, -0.1) is 0 Å². The first-order valence-electron chi connectivity index (χ1n) is 8.31. The van der Waals surface area contributed by atoms with Crippen molar-refractivity contribution in [1.82, 2.24) is 10.2 Å². The molecule has 1 fully saturated rings.